The summed E-state index contributed by atoms with van der Waals surface area (Å²) in [5, 5.41) is -0.265. The van der Waals surface area contributed by atoms with Gasteiger partial charge in [0.1, 0.15) is 5.25 Å². The van der Waals surface area contributed by atoms with Crippen LogP contribution in [0.2, 0.25) is 0 Å². The van der Waals surface area contributed by atoms with Crippen LogP contribution in [0, 0.1) is 0 Å². The maximum absolute atomic E-state index is 11.8. The summed E-state index contributed by atoms with van der Waals surface area (Å²) in [7, 11) is 1.37. The van der Waals surface area contributed by atoms with Crippen LogP contribution >= 0.6 is 11.8 Å². The van der Waals surface area contributed by atoms with Gasteiger partial charge in [-0.2, -0.15) is 0 Å². The molecule has 0 aromatic heterocycles. The van der Waals surface area contributed by atoms with Gasteiger partial charge < -0.3 is 9.64 Å². The molecule has 1 amide bonds. The lowest BCUT2D eigenvalue weighted by molar-refractivity contribution is -0.139. The van der Waals surface area contributed by atoms with Crippen LogP contribution in [0.3, 0.4) is 0 Å². The average molecular weight is 245 g/mol. The Morgan fingerprint density at radius 2 is 1.94 bits per heavy atom. The smallest absolute Gasteiger partial charge is 0.318 e. The van der Waals surface area contributed by atoms with E-state index in [1.165, 1.54) is 25.3 Å². The van der Waals surface area contributed by atoms with Gasteiger partial charge in [0.05, 0.1) is 12.9 Å². The zero-order valence-corrected chi connectivity index (χ0v) is 10.7. The maximum atomic E-state index is 11.8. The zero-order valence-electron chi connectivity index (χ0n) is 9.90. The third kappa shape index (κ3) is 4.04. The van der Waals surface area contributed by atoms with Gasteiger partial charge >= 0.3 is 5.97 Å². The topological polar surface area (TPSA) is 46.6 Å². The number of hydrogen-bond acceptors (Lipinski definition) is 4. The van der Waals surface area contributed by atoms with Gasteiger partial charge in [-0.15, -0.1) is 11.8 Å². The van der Waals surface area contributed by atoms with Crippen LogP contribution in [0.4, 0.5) is 0 Å². The van der Waals surface area contributed by atoms with Crippen molar-refractivity contribution in [3.63, 3.8) is 0 Å². The Labute approximate surface area is 101 Å². The molecule has 0 spiro atoms. The van der Waals surface area contributed by atoms with E-state index in [2.05, 4.69) is 4.74 Å². The minimum Gasteiger partial charge on any atom is -0.468 e. The highest BCUT2D eigenvalue weighted by molar-refractivity contribution is 8.01. The Morgan fingerprint density at radius 3 is 2.50 bits per heavy atom. The number of carbonyl (C=O) groups excluding carboxylic acids is 2. The molecular weight excluding hydrogens is 226 g/mol. The van der Waals surface area contributed by atoms with Crippen LogP contribution in [0.15, 0.2) is 0 Å². The van der Waals surface area contributed by atoms with Gasteiger partial charge in [-0.05, 0) is 26.2 Å². The molecule has 1 unspecified atom stereocenters. The molecule has 0 aromatic rings. The zero-order chi connectivity index (χ0) is 12.0. The van der Waals surface area contributed by atoms with Gasteiger partial charge in [-0.1, -0.05) is 0 Å². The molecule has 16 heavy (non-hydrogen) atoms. The fourth-order valence-corrected chi connectivity index (χ4v) is 2.47. The molecule has 0 saturated carbocycles. The van der Waals surface area contributed by atoms with E-state index >= 15 is 0 Å². The number of amides is 1. The summed E-state index contributed by atoms with van der Waals surface area (Å²) >= 11 is 1.35. The Kier molecular flexibility index (Phi) is 5.66. The standard InChI is InChI=1S/C11H19NO3S/c1-9(11(14)15-2)16-8-10(13)12-6-4-3-5-7-12/h9H,3-8H2,1-2H3. The van der Waals surface area contributed by atoms with Crippen molar-refractivity contribution in [3.05, 3.63) is 0 Å². The van der Waals surface area contributed by atoms with E-state index in [0.29, 0.717) is 5.75 Å². The molecule has 5 heteroatoms. The van der Waals surface area contributed by atoms with Gasteiger partial charge in [0.25, 0.3) is 0 Å². The molecule has 0 aliphatic carbocycles. The third-order valence-electron chi connectivity index (χ3n) is 2.70. The number of nitrogens with zero attached hydrogens (tertiary/aromatic N) is 1. The summed E-state index contributed by atoms with van der Waals surface area (Å²) in [6.45, 7) is 3.50. The van der Waals surface area contributed by atoms with Crippen molar-refractivity contribution in [2.24, 2.45) is 0 Å². The monoisotopic (exact) mass is 245 g/mol. The van der Waals surface area contributed by atoms with Crippen LogP contribution in [0.1, 0.15) is 26.2 Å². The maximum Gasteiger partial charge on any atom is 0.318 e. The second-order valence-electron chi connectivity index (χ2n) is 3.92. The van der Waals surface area contributed by atoms with Crippen molar-refractivity contribution in [1.29, 1.82) is 0 Å². The van der Waals surface area contributed by atoms with Crippen molar-refractivity contribution in [2.45, 2.75) is 31.4 Å². The van der Waals surface area contributed by atoms with Crippen LogP contribution < -0.4 is 0 Å². The van der Waals surface area contributed by atoms with E-state index < -0.39 is 0 Å². The first-order chi connectivity index (χ1) is 7.65. The molecule has 0 radical (unpaired) electrons. The number of thioether (sulfide) groups is 1. The minimum atomic E-state index is -0.267. The largest absolute Gasteiger partial charge is 0.468 e. The summed E-state index contributed by atoms with van der Waals surface area (Å²) in [6, 6.07) is 0. The quantitative estimate of drug-likeness (QED) is 0.700. The highest BCUT2D eigenvalue weighted by atomic mass is 32.2. The summed E-state index contributed by atoms with van der Waals surface area (Å²) in [5.74, 6) is 0.243. The summed E-state index contributed by atoms with van der Waals surface area (Å²) < 4.78 is 4.61. The van der Waals surface area contributed by atoms with Crippen LogP contribution in [-0.2, 0) is 14.3 Å². The van der Waals surface area contributed by atoms with Crippen molar-refractivity contribution in [1.82, 2.24) is 4.90 Å². The number of likely N-dealkylation sites (tertiary alicyclic amines) is 1. The number of ether oxygens (including phenoxy) is 1. The van der Waals surface area contributed by atoms with Gasteiger partial charge in [0.15, 0.2) is 0 Å². The van der Waals surface area contributed by atoms with Crippen LogP contribution in [0.25, 0.3) is 0 Å². The Hall–Kier alpha value is -0.710. The second kappa shape index (κ2) is 6.78. The SMILES string of the molecule is COC(=O)C(C)SCC(=O)N1CCCCC1. The molecule has 1 aliphatic heterocycles. The Bertz CT molecular complexity index is 252. The molecule has 0 aromatic carbocycles. The summed E-state index contributed by atoms with van der Waals surface area (Å²) in [4.78, 5) is 24.8. The first kappa shape index (κ1) is 13.4. The van der Waals surface area contributed by atoms with Crippen molar-refractivity contribution < 1.29 is 14.3 Å². The molecule has 0 N–H and O–H groups in total. The van der Waals surface area contributed by atoms with Gasteiger partial charge in [0.2, 0.25) is 5.91 Å². The van der Waals surface area contributed by atoms with Gasteiger partial charge in [-0.25, -0.2) is 0 Å². The predicted molar refractivity (Wildman–Crippen MR) is 64.4 cm³/mol. The molecule has 1 saturated heterocycles. The van der Waals surface area contributed by atoms with Crippen molar-refractivity contribution in [3.8, 4) is 0 Å². The van der Waals surface area contributed by atoms with Gasteiger partial charge in [-0.3, -0.25) is 9.59 Å². The van der Waals surface area contributed by atoms with E-state index in [4.69, 9.17) is 0 Å². The fraction of sp³-hybridized carbons (Fsp3) is 0.818. The minimum absolute atomic E-state index is 0.139. The molecule has 1 fully saturated rings. The van der Waals surface area contributed by atoms with Crippen LogP contribution in [-0.4, -0.2) is 48.0 Å². The molecule has 1 heterocycles. The van der Waals surface area contributed by atoms with E-state index in [1.807, 2.05) is 4.90 Å². The Balaban J connectivity index is 2.26. The fourth-order valence-electron chi connectivity index (χ4n) is 1.66. The highest BCUT2D eigenvalue weighted by Crippen LogP contribution is 2.15. The summed E-state index contributed by atoms with van der Waals surface area (Å²) in [5.41, 5.74) is 0. The molecule has 4 nitrogen and oxygen atoms in total. The molecule has 0 bridgehead atoms. The third-order valence-corrected chi connectivity index (χ3v) is 3.80. The number of carbonyl (C=O) groups is 2. The van der Waals surface area contributed by atoms with Crippen LogP contribution in [0.5, 0.6) is 0 Å². The number of esters is 1. The van der Waals surface area contributed by atoms with E-state index in [-0.39, 0.29) is 17.1 Å². The number of hydrogen-bond donors (Lipinski definition) is 0. The Morgan fingerprint density at radius 1 is 1.31 bits per heavy atom. The van der Waals surface area contributed by atoms with E-state index in [0.717, 1.165) is 25.9 Å². The predicted octanol–water partition coefficient (Wildman–Crippen LogP) is 1.29. The number of rotatable bonds is 4. The summed E-state index contributed by atoms with van der Waals surface area (Å²) in [6.07, 6.45) is 3.42. The lowest BCUT2D eigenvalue weighted by Crippen LogP contribution is -2.37. The normalized spacial score (nSPS) is 18.0. The lowest BCUT2D eigenvalue weighted by atomic mass is 10.1. The first-order valence-corrected chi connectivity index (χ1v) is 6.67. The molecule has 1 aliphatic rings. The van der Waals surface area contributed by atoms with Crippen molar-refractivity contribution >= 4 is 23.6 Å². The molecule has 1 rings (SSSR count). The first-order valence-electron chi connectivity index (χ1n) is 5.62. The molecule has 92 valence electrons. The lowest BCUT2D eigenvalue weighted by Gasteiger charge is -2.26. The van der Waals surface area contributed by atoms with Crippen molar-refractivity contribution in [2.75, 3.05) is 26.0 Å². The average Bonchev–Trinajstić information content (AvgIpc) is 2.35. The number of methoxy groups -OCH3 is 1. The van der Waals surface area contributed by atoms with E-state index in [9.17, 15) is 9.59 Å². The van der Waals surface area contributed by atoms with E-state index in [1.54, 1.807) is 6.92 Å². The second-order valence-corrected chi connectivity index (χ2v) is 5.25. The molecular formula is C11H19NO3S. The van der Waals surface area contributed by atoms with Gasteiger partial charge in [0, 0.05) is 13.1 Å². The number of piperidine rings is 1. The highest BCUT2D eigenvalue weighted by Gasteiger charge is 2.19. The molecule has 1 atom stereocenters.